The quantitative estimate of drug-likeness (QED) is 0.808. The summed E-state index contributed by atoms with van der Waals surface area (Å²) in [5, 5.41) is 12.5. The van der Waals surface area contributed by atoms with Crippen LogP contribution in [0.4, 0.5) is 0 Å². The summed E-state index contributed by atoms with van der Waals surface area (Å²) in [4.78, 5) is 0. The first-order valence-electron chi connectivity index (χ1n) is 7.36. The average molecular weight is 232 g/mol. The first kappa shape index (κ1) is 11.5. The zero-order chi connectivity index (χ0) is 11.9. The van der Waals surface area contributed by atoms with E-state index in [-0.39, 0.29) is 6.04 Å². The second-order valence-corrected chi connectivity index (χ2v) is 6.89. The average Bonchev–Trinajstić information content (AvgIpc) is 2.28. The van der Waals surface area contributed by atoms with Gasteiger partial charge in [-0.3, -0.25) is 0 Å². The van der Waals surface area contributed by atoms with Gasteiger partial charge in [0.2, 0.25) is 0 Å². The van der Waals surface area contributed by atoms with Crippen molar-refractivity contribution in [2.24, 2.45) is 23.2 Å². The zero-order valence-electron chi connectivity index (χ0n) is 10.9. The molecule has 4 saturated carbocycles. The molecule has 4 aliphatic carbocycles. The van der Waals surface area contributed by atoms with Crippen LogP contribution < -0.4 is 5.32 Å². The van der Waals surface area contributed by atoms with Crippen LogP contribution in [0.3, 0.4) is 0 Å². The van der Waals surface area contributed by atoms with Crippen molar-refractivity contribution >= 4 is 0 Å². The Morgan fingerprint density at radius 2 is 1.71 bits per heavy atom. The third-order valence-electron chi connectivity index (χ3n) is 5.45. The molecule has 4 rings (SSSR count). The van der Waals surface area contributed by atoms with Gasteiger partial charge in [0.05, 0.1) is 12.1 Å². The summed E-state index contributed by atoms with van der Waals surface area (Å²) in [6, 6.07) is 2.45. The number of rotatable bonds is 4. The van der Waals surface area contributed by atoms with Gasteiger partial charge >= 0.3 is 0 Å². The highest BCUT2D eigenvalue weighted by atomic mass is 14.9. The summed E-state index contributed by atoms with van der Waals surface area (Å²) >= 11 is 0. The molecule has 0 aliphatic heterocycles. The third kappa shape index (κ3) is 2.10. The van der Waals surface area contributed by atoms with E-state index in [0.29, 0.717) is 5.41 Å². The molecule has 0 saturated heterocycles. The van der Waals surface area contributed by atoms with E-state index in [9.17, 15) is 0 Å². The summed E-state index contributed by atoms with van der Waals surface area (Å²) in [7, 11) is 0. The number of nitrogens with zero attached hydrogens (tertiary/aromatic N) is 1. The largest absolute Gasteiger partial charge is 0.301 e. The molecule has 1 atom stereocenters. The smallest absolute Gasteiger partial charge is 0.0950 e. The second kappa shape index (κ2) is 4.28. The molecule has 17 heavy (non-hydrogen) atoms. The van der Waals surface area contributed by atoms with E-state index in [1.165, 1.54) is 38.5 Å². The lowest BCUT2D eigenvalue weighted by atomic mass is 9.49. The molecular formula is C15H24N2. The second-order valence-electron chi connectivity index (χ2n) is 6.89. The molecule has 94 valence electrons. The van der Waals surface area contributed by atoms with Crippen LogP contribution >= 0.6 is 0 Å². The molecule has 0 aromatic rings. The Balaban J connectivity index is 1.64. The van der Waals surface area contributed by atoms with Crippen LogP contribution in [0.2, 0.25) is 0 Å². The minimum absolute atomic E-state index is 0.0722. The van der Waals surface area contributed by atoms with Gasteiger partial charge in [-0.05, 0) is 68.1 Å². The normalized spacial score (nSPS) is 44.6. The summed E-state index contributed by atoms with van der Waals surface area (Å²) in [5.74, 6) is 3.06. The first-order valence-corrected chi connectivity index (χ1v) is 7.36. The van der Waals surface area contributed by atoms with Crippen molar-refractivity contribution in [3.05, 3.63) is 0 Å². The molecule has 2 heteroatoms. The van der Waals surface area contributed by atoms with Gasteiger partial charge in [0.15, 0.2) is 0 Å². The fourth-order valence-corrected chi connectivity index (χ4v) is 5.13. The van der Waals surface area contributed by atoms with Crippen LogP contribution in [0.15, 0.2) is 0 Å². The zero-order valence-corrected chi connectivity index (χ0v) is 10.9. The van der Waals surface area contributed by atoms with Crippen LogP contribution in [0.1, 0.15) is 51.9 Å². The van der Waals surface area contributed by atoms with Crippen molar-refractivity contribution in [3.63, 3.8) is 0 Å². The molecule has 0 aromatic carbocycles. The molecule has 4 fully saturated rings. The lowest BCUT2D eigenvalue weighted by Crippen LogP contribution is -2.51. The highest BCUT2D eigenvalue weighted by Crippen LogP contribution is 2.59. The molecule has 0 aromatic heterocycles. The number of nitrogens with one attached hydrogen (secondary N) is 1. The van der Waals surface area contributed by atoms with Crippen LogP contribution in [0.5, 0.6) is 0 Å². The predicted octanol–water partition coefficient (Wildman–Crippen LogP) is 3.09. The van der Waals surface area contributed by atoms with Gasteiger partial charge < -0.3 is 5.32 Å². The van der Waals surface area contributed by atoms with E-state index in [2.05, 4.69) is 18.3 Å². The fraction of sp³-hybridized carbons (Fsp3) is 0.933. The van der Waals surface area contributed by atoms with Crippen LogP contribution in [0.25, 0.3) is 0 Å². The lowest BCUT2D eigenvalue weighted by Gasteiger charge is -2.57. The molecular weight excluding hydrogens is 208 g/mol. The minimum Gasteiger partial charge on any atom is -0.301 e. The maximum Gasteiger partial charge on any atom is 0.0950 e. The first-order chi connectivity index (χ1) is 8.23. The van der Waals surface area contributed by atoms with Crippen molar-refractivity contribution < 1.29 is 0 Å². The summed E-state index contributed by atoms with van der Waals surface area (Å²) < 4.78 is 0. The van der Waals surface area contributed by atoms with E-state index in [0.717, 1.165) is 30.7 Å². The number of hydrogen-bond acceptors (Lipinski definition) is 2. The van der Waals surface area contributed by atoms with Crippen molar-refractivity contribution in [1.29, 1.82) is 5.26 Å². The van der Waals surface area contributed by atoms with Crippen LogP contribution in [-0.2, 0) is 0 Å². The minimum atomic E-state index is 0.0722. The van der Waals surface area contributed by atoms with Gasteiger partial charge in [-0.2, -0.15) is 5.26 Å². The molecule has 2 nitrogen and oxygen atoms in total. The van der Waals surface area contributed by atoms with Crippen LogP contribution in [-0.4, -0.2) is 12.6 Å². The lowest BCUT2D eigenvalue weighted by molar-refractivity contribution is -0.0518. The SMILES string of the molecule is CCC(C#N)NCC12CC3CC(CC(C3)C1)C2. The highest BCUT2D eigenvalue weighted by Gasteiger charge is 2.50. The summed E-state index contributed by atoms with van der Waals surface area (Å²) in [6.45, 7) is 3.20. The van der Waals surface area contributed by atoms with Crippen molar-refractivity contribution in [2.45, 2.75) is 57.9 Å². The topological polar surface area (TPSA) is 35.8 Å². The predicted molar refractivity (Wildman–Crippen MR) is 68.3 cm³/mol. The van der Waals surface area contributed by atoms with Gasteiger partial charge in [-0.1, -0.05) is 6.92 Å². The highest BCUT2D eigenvalue weighted by molar-refractivity contribution is 5.03. The Morgan fingerprint density at radius 3 is 2.12 bits per heavy atom. The molecule has 0 spiro atoms. The third-order valence-corrected chi connectivity index (χ3v) is 5.45. The molecule has 1 N–H and O–H groups in total. The maximum absolute atomic E-state index is 9.03. The maximum atomic E-state index is 9.03. The van der Waals surface area contributed by atoms with Gasteiger partial charge in [-0.15, -0.1) is 0 Å². The Hall–Kier alpha value is -0.550. The van der Waals surface area contributed by atoms with E-state index in [1.807, 2.05) is 0 Å². The Labute approximate surface area is 105 Å². The number of nitriles is 1. The molecule has 0 heterocycles. The van der Waals surface area contributed by atoms with E-state index in [1.54, 1.807) is 0 Å². The van der Waals surface area contributed by atoms with Gasteiger partial charge in [-0.25, -0.2) is 0 Å². The van der Waals surface area contributed by atoms with E-state index in [4.69, 9.17) is 5.26 Å². The molecule has 4 aliphatic rings. The summed E-state index contributed by atoms with van der Waals surface area (Å²) in [6.07, 6.45) is 9.77. The standard InChI is InChI=1S/C15H24N2/c1-2-14(9-16)17-10-15-6-11-3-12(7-15)5-13(4-11)8-15/h11-14,17H,2-8,10H2,1H3. The monoisotopic (exact) mass is 232 g/mol. The van der Waals surface area contributed by atoms with Crippen molar-refractivity contribution in [3.8, 4) is 6.07 Å². The van der Waals surface area contributed by atoms with E-state index >= 15 is 0 Å². The Bertz CT molecular complexity index is 293. The molecule has 0 radical (unpaired) electrons. The van der Waals surface area contributed by atoms with E-state index < -0.39 is 0 Å². The Kier molecular flexibility index (Phi) is 2.91. The number of hydrogen-bond donors (Lipinski definition) is 1. The van der Waals surface area contributed by atoms with Gasteiger partial charge in [0, 0.05) is 6.54 Å². The molecule has 0 amide bonds. The van der Waals surface area contributed by atoms with Crippen molar-refractivity contribution in [1.82, 2.24) is 5.32 Å². The van der Waals surface area contributed by atoms with Gasteiger partial charge in [0.25, 0.3) is 0 Å². The Morgan fingerprint density at radius 1 is 1.18 bits per heavy atom. The van der Waals surface area contributed by atoms with Gasteiger partial charge in [0.1, 0.15) is 0 Å². The molecule has 4 bridgehead atoms. The molecule has 1 unspecified atom stereocenters. The van der Waals surface area contributed by atoms with Crippen LogP contribution in [0, 0.1) is 34.5 Å². The fourth-order valence-electron chi connectivity index (χ4n) is 5.13. The summed E-state index contributed by atoms with van der Waals surface area (Å²) in [5.41, 5.74) is 0.568. The van der Waals surface area contributed by atoms with Crippen molar-refractivity contribution in [2.75, 3.05) is 6.54 Å².